The summed E-state index contributed by atoms with van der Waals surface area (Å²) in [5.74, 6) is 0.900. The zero-order chi connectivity index (χ0) is 25.6. The van der Waals surface area contributed by atoms with E-state index in [9.17, 15) is 9.90 Å². The van der Waals surface area contributed by atoms with Gasteiger partial charge in [-0.25, -0.2) is 0 Å². The molecule has 1 aromatic carbocycles. The highest BCUT2D eigenvalue weighted by molar-refractivity contribution is 5.96. The van der Waals surface area contributed by atoms with Gasteiger partial charge in [0.05, 0.1) is 18.3 Å². The first kappa shape index (κ1) is 30.4. The number of aliphatic hydroxyl groups is 1. The van der Waals surface area contributed by atoms with E-state index in [1.165, 1.54) is 0 Å². The minimum absolute atomic E-state index is 0.00532. The standard InChI is InChI=1S/C27H49N3O4/c1-7-27(5,8-2)30-19-24(31)23(28)17-21(20(3)4)18-29-26(32)22-13-9-10-14-25(22)34-16-12-11-15-33-6/h9-10,13-14,20-21,23-24,30-31H,7-8,11-12,15-19,28H2,1-6H3,(H,29,32)/t21-,23+,24+/m1/s1. The number of β-amino-alcohol motifs (C(OH)–C–C–N with tert-alkyl or cyclic N) is 1. The molecule has 0 unspecified atom stereocenters. The van der Waals surface area contributed by atoms with Crippen molar-refractivity contribution in [3.05, 3.63) is 29.8 Å². The molecule has 0 spiro atoms. The van der Waals surface area contributed by atoms with Crippen LogP contribution in [0.25, 0.3) is 0 Å². The Bertz CT molecular complexity index is 694. The highest BCUT2D eigenvalue weighted by Crippen LogP contribution is 2.21. The summed E-state index contributed by atoms with van der Waals surface area (Å²) in [6.45, 7) is 12.9. The Balaban J connectivity index is 2.63. The van der Waals surface area contributed by atoms with E-state index in [0.717, 1.165) is 25.7 Å². The van der Waals surface area contributed by atoms with Gasteiger partial charge in [0.15, 0.2) is 0 Å². The van der Waals surface area contributed by atoms with Gasteiger partial charge in [-0.3, -0.25) is 4.79 Å². The summed E-state index contributed by atoms with van der Waals surface area (Å²) in [6, 6.07) is 6.95. The maximum atomic E-state index is 12.9. The maximum absolute atomic E-state index is 12.9. The first-order valence-corrected chi connectivity index (χ1v) is 12.8. The monoisotopic (exact) mass is 479 g/mol. The van der Waals surface area contributed by atoms with Gasteiger partial charge in [-0.1, -0.05) is 39.8 Å². The summed E-state index contributed by atoms with van der Waals surface area (Å²) in [5.41, 5.74) is 6.90. The highest BCUT2D eigenvalue weighted by atomic mass is 16.5. The van der Waals surface area contributed by atoms with Crippen LogP contribution in [0.4, 0.5) is 0 Å². The molecule has 7 heteroatoms. The number of methoxy groups -OCH3 is 1. The number of rotatable bonds is 18. The molecule has 0 bridgehead atoms. The van der Waals surface area contributed by atoms with Crippen LogP contribution in [0.1, 0.15) is 77.1 Å². The Labute approximate surface area is 207 Å². The van der Waals surface area contributed by atoms with Crippen molar-refractivity contribution in [1.82, 2.24) is 10.6 Å². The molecule has 7 nitrogen and oxygen atoms in total. The fraction of sp³-hybridized carbons (Fsp3) is 0.741. The van der Waals surface area contributed by atoms with Crippen molar-refractivity contribution in [1.29, 1.82) is 0 Å². The van der Waals surface area contributed by atoms with Crippen molar-refractivity contribution in [2.45, 2.75) is 84.4 Å². The van der Waals surface area contributed by atoms with Gasteiger partial charge in [-0.2, -0.15) is 0 Å². The number of nitrogens with two attached hydrogens (primary N) is 1. The average Bonchev–Trinajstić information content (AvgIpc) is 2.84. The molecule has 1 rings (SSSR count). The van der Waals surface area contributed by atoms with Crippen LogP contribution in [0, 0.1) is 11.8 Å². The van der Waals surface area contributed by atoms with E-state index in [0.29, 0.717) is 50.0 Å². The number of aliphatic hydroxyl groups excluding tert-OH is 1. The lowest BCUT2D eigenvalue weighted by atomic mass is 9.87. The quantitative estimate of drug-likeness (QED) is 0.239. The summed E-state index contributed by atoms with van der Waals surface area (Å²) >= 11 is 0. The zero-order valence-electron chi connectivity index (χ0n) is 22.2. The third kappa shape index (κ3) is 10.7. The van der Waals surface area contributed by atoms with Crippen LogP contribution < -0.4 is 21.1 Å². The third-order valence-electron chi connectivity index (χ3n) is 6.97. The van der Waals surface area contributed by atoms with Crippen molar-refractivity contribution in [2.75, 3.05) is 33.4 Å². The fourth-order valence-corrected chi connectivity index (χ4v) is 3.73. The van der Waals surface area contributed by atoms with Crippen LogP contribution in [0.5, 0.6) is 5.75 Å². The SMILES string of the molecule is CCC(C)(CC)NC[C@H](O)[C@@H](N)C[C@H](CNC(=O)c1ccccc1OCCCCOC)C(C)C. The lowest BCUT2D eigenvalue weighted by Crippen LogP contribution is -2.50. The van der Waals surface area contributed by atoms with E-state index < -0.39 is 6.10 Å². The summed E-state index contributed by atoms with van der Waals surface area (Å²) in [7, 11) is 1.68. The number of nitrogens with one attached hydrogen (secondary N) is 2. The molecule has 3 atom stereocenters. The predicted molar refractivity (Wildman–Crippen MR) is 139 cm³/mol. The normalized spacial score (nSPS) is 14.6. The summed E-state index contributed by atoms with van der Waals surface area (Å²) in [4.78, 5) is 12.9. The van der Waals surface area contributed by atoms with Crippen molar-refractivity contribution < 1.29 is 19.4 Å². The smallest absolute Gasteiger partial charge is 0.255 e. The van der Waals surface area contributed by atoms with Gasteiger partial charge in [0.1, 0.15) is 5.75 Å². The third-order valence-corrected chi connectivity index (χ3v) is 6.97. The highest BCUT2D eigenvalue weighted by Gasteiger charge is 2.26. The van der Waals surface area contributed by atoms with Crippen LogP contribution >= 0.6 is 0 Å². The van der Waals surface area contributed by atoms with E-state index in [2.05, 4.69) is 45.3 Å². The van der Waals surface area contributed by atoms with Crippen LogP contribution in [0.2, 0.25) is 0 Å². The minimum Gasteiger partial charge on any atom is -0.493 e. The maximum Gasteiger partial charge on any atom is 0.255 e. The van der Waals surface area contributed by atoms with E-state index in [4.69, 9.17) is 15.2 Å². The van der Waals surface area contributed by atoms with E-state index in [-0.39, 0.29) is 23.4 Å². The number of amides is 1. The predicted octanol–water partition coefficient (Wildman–Crippen LogP) is 3.74. The first-order chi connectivity index (χ1) is 16.2. The Kier molecular flexibility index (Phi) is 14.4. The summed E-state index contributed by atoms with van der Waals surface area (Å²) in [5, 5.41) is 17.2. The molecule has 1 amide bonds. The number of unbranched alkanes of at least 4 members (excludes halogenated alkanes) is 1. The molecule has 34 heavy (non-hydrogen) atoms. The number of para-hydroxylation sites is 1. The lowest BCUT2D eigenvalue weighted by molar-refractivity contribution is 0.0922. The number of hydrogen-bond donors (Lipinski definition) is 4. The molecule has 0 aromatic heterocycles. The van der Waals surface area contributed by atoms with Crippen LogP contribution in [0.3, 0.4) is 0 Å². The summed E-state index contributed by atoms with van der Waals surface area (Å²) < 4.78 is 10.9. The first-order valence-electron chi connectivity index (χ1n) is 12.8. The second-order valence-corrected chi connectivity index (χ2v) is 9.87. The number of benzene rings is 1. The van der Waals surface area contributed by atoms with Gasteiger partial charge in [0, 0.05) is 38.4 Å². The van der Waals surface area contributed by atoms with Crippen LogP contribution in [-0.4, -0.2) is 62.1 Å². The summed E-state index contributed by atoms with van der Waals surface area (Å²) in [6.07, 6.45) is 3.76. The van der Waals surface area contributed by atoms with E-state index in [1.807, 2.05) is 18.2 Å². The minimum atomic E-state index is -0.637. The van der Waals surface area contributed by atoms with Crippen LogP contribution in [-0.2, 0) is 4.74 Å². The molecule has 0 radical (unpaired) electrons. The molecule has 1 aromatic rings. The Morgan fingerprint density at radius 2 is 1.76 bits per heavy atom. The van der Waals surface area contributed by atoms with Crippen molar-refractivity contribution in [3.63, 3.8) is 0 Å². The molecule has 196 valence electrons. The van der Waals surface area contributed by atoms with Crippen molar-refractivity contribution in [3.8, 4) is 5.75 Å². The second-order valence-electron chi connectivity index (χ2n) is 9.87. The Hall–Kier alpha value is -1.67. The van der Waals surface area contributed by atoms with Gasteiger partial charge >= 0.3 is 0 Å². The molecule has 0 aliphatic heterocycles. The van der Waals surface area contributed by atoms with Gasteiger partial charge < -0.3 is 30.9 Å². The topological polar surface area (TPSA) is 106 Å². The molecule has 0 saturated carbocycles. The number of hydrogen-bond acceptors (Lipinski definition) is 6. The molecule has 5 N–H and O–H groups in total. The van der Waals surface area contributed by atoms with Gasteiger partial charge in [0.25, 0.3) is 5.91 Å². The van der Waals surface area contributed by atoms with E-state index >= 15 is 0 Å². The van der Waals surface area contributed by atoms with Crippen LogP contribution in [0.15, 0.2) is 24.3 Å². The second kappa shape index (κ2) is 16.1. The number of ether oxygens (including phenoxy) is 2. The molecule has 0 aliphatic rings. The molecular formula is C27H49N3O4. The zero-order valence-corrected chi connectivity index (χ0v) is 22.2. The Morgan fingerprint density at radius 1 is 1.12 bits per heavy atom. The molecule has 0 heterocycles. The molecular weight excluding hydrogens is 430 g/mol. The molecule has 0 aliphatic carbocycles. The average molecular weight is 480 g/mol. The lowest BCUT2D eigenvalue weighted by Gasteiger charge is -2.32. The van der Waals surface area contributed by atoms with Crippen molar-refractivity contribution >= 4 is 5.91 Å². The molecule has 0 saturated heterocycles. The molecule has 0 fully saturated rings. The number of carbonyl (C=O) groups is 1. The van der Waals surface area contributed by atoms with Gasteiger partial charge in [-0.05, 0) is 63.0 Å². The van der Waals surface area contributed by atoms with Gasteiger partial charge in [-0.15, -0.1) is 0 Å². The number of carbonyl (C=O) groups excluding carboxylic acids is 1. The van der Waals surface area contributed by atoms with Crippen molar-refractivity contribution in [2.24, 2.45) is 17.6 Å². The fourth-order valence-electron chi connectivity index (χ4n) is 3.73. The van der Waals surface area contributed by atoms with Gasteiger partial charge in [0.2, 0.25) is 0 Å². The van der Waals surface area contributed by atoms with E-state index in [1.54, 1.807) is 13.2 Å². The Morgan fingerprint density at radius 3 is 2.38 bits per heavy atom. The largest absolute Gasteiger partial charge is 0.493 e.